The number of ether oxygens (including phenoxy) is 2. The Kier molecular flexibility index (Phi) is 30.0. The lowest BCUT2D eigenvalue weighted by Crippen LogP contribution is -2.29. The number of carbonyl (C=O) groups is 2. The summed E-state index contributed by atoms with van der Waals surface area (Å²) in [4.78, 5) is 34.6. The molecule has 0 aromatic carbocycles. The van der Waals surface area contributed by atoms with Gasteiger partial charge in [0.2, 0.25) is 0 Å². The molecular weight excluding hydrogens is 599 g/mol. The van der Waals surface area contributed by atoms with Gasteiger partial charge < -0.3 is 24.6 Å². The van der Waals surface area contributed by atoms with Gasteiger partial charge in [0.25, 0.3) is 0 Å². The number of phosphoric acid groups is 1. The monoisotopic (exact) mass is 662 g/mol. The van der Waals surface area contributed by atoms with Crippen LogP contribution in [0.15, 0.2) is 24.3 Å². The van der Waals surface area contributed by atoms with Crippen LogP contribution >= 0.6 is 7.82 Å². The van der Waals surface area contributed by atoms with E-state index in [1.807, 2.05) is 0 Å². The van der Waals surface area contributed by atoms with Crippen molar-refractivity contribution in [2.24, 2.45) is 0 Å². The van der Waals surface area contributed by atoms with Crippen LogP contribution in [0.2, 0.25) is 0 Å². The fourth-order valence-corrected chi connectivity index (χ4v) is 5.15. The minimum Gasteiger partial charge on any atom is -0.462 e. The van der Waals surface area contributed by atoms with Crippen LogP contribution in [0.1, 0.15) is 142 Å². The molecule has 3 N–H and O–H groups in total. The second kappa shape index (κ2) is 31.1. The molecule has 0 aromatic heterocycles. The highest BCUT2D eigenvalue weighted by Crippen LogP contribution is 2.43. The Balaban J connectivity index is 4.40. The zero-order valence-electron chi connectivity index (χ0n) is 28.1. The van der Waals surface area contributed by atoms with E-state index in [4.69, 9.17) is 19.1 Å². The Hall–Kier alpha value is -1.55. The molecule has 0 aliphatic rings. The maximum Gasteiger partial charge on any atom is 0.472 e. The lowest BCUT2D eigenvalue weighted by atomic mass is 10.1. The largest absolute Gasteiger partial charge is 0.472 e. The maximum atomic E-state index is 12.4. The molecule has 0 fully saturated rings. The van der Waals surface area contributed by atoms with E-state index in [1.165, 1.54) is 38.5 Å². The average Bonchev–Trinajstić information content (AvgIpc) is 3.02. The molecule has 3 atom stereocenters. The Labute approximate surface area is 272 Å². The molecule has 10 nitrogen and oxygen atoms in total. The molecule has 0 bridgehead atoms. The first kappa shape index (κ1) is 43.5. The molecule has 0 aromatic rings. The predicted molar refractivity (Wildman–Crippen MR) is 178 cm³/mol. The summed E-state index contributed by atoms with van der Waals surface area (Å²) in [6.07, 6.45) is 25.9. The van der Waals surface area contributed by atoms with Gasteiger partial charge in [-0.1, -0.05) is 115 Å². The van der Waals surface area contributed by atoms with Crippen LogP contribution in [0.4, 0.5) is 0 Å². The van der Waals surface area contributed by atoms with Crippen molar-refractivity contribution in [2.45, 2.75) is 154 Å². The highest BCUT2D eigenvalue weighted by molar-refractivity contribution is 7.47. The van der Waals surface area contributed by atoms with Crippen molar-refractivity contribution in [1.29, 1.82) is 0 Å². The van der Waals surface area contributed by atoms with Crippen LogP contribution in [0.3, 0.4) is 0 Å². The highest BCUT2D eigenvalue weighted by atomic mass is 31.2. The Morgan fingerprint density at radius 2 is 1.18 bits per heavy atom. The van der Waals surface area contributed by atoms with Gasteiger partial charge in [-0.15, -0.1) is 0 Å². The first-order chi connectivity index (χ1) is 21.7. The molecule has 0 radical (unpaired) electrons. The first-order valence-corrected chi connectivity index (χ1v) is 18.8. The molecule has 0 saturated heterocycles. The normalized spacial score (nSPS) is 14.5. The number of hydrogen-bond donors (Lipinski definition) is 3. The van der Waals surface area contributed by atoms with Crippen LogP contribution in [0, 0.1) is 0 Å². The molecule has 0 aliphatic heterocycles. The molecule has 11 heteroatoms. The first-order valence-electron chi connectivity index (χ1n) is 17.3. The Morgan fingerprint density at radius 3 is 1.78 bits per heavy atom. The number of aliphatic hydroxyl groups excluding tert-OH is 2. The van der Waals surface area contributed by atoms with Crippen LogP contribution in [0.5, 0.6) is 0 Å². The van der Waals surface area contributed by atoms with Gasteiger partial charge in [-0.05, 0) is 38.5 Å². The summed E-state index contributed by atoms with van der Waals surface area (Å²) in [7, 11) is -4.60. The van der Waals surface area contributed by atoms with Crippen molar-refractivity contribution in [2.75, 3.05) is 26.4 Å². The summed E-state index contributed by atoms with van der Waals surface area (Å²) in [6.45, 7) is 2.25. The van der Waals surface area contributed by atoms with Crippen molar-refractivity contribution in [1.82, 2.24) is 0 Å². The summed E-state index contributed by atoms with van der Waals surface area (Å²) in [5, 5.41) is 18.2. The molecule has 45 heavy (non-hydrogen) atoms. The molecule has 0 aliphatic carbocycles. The van der Waals surface area contributed by atoms with Gasteiger partial charge in [0.15, 0.2) is 6.10 Å². The topological polar surface area (TPSA) is 149 Å². The molecule has 0 saturated carbocycles. The minimum atomic E-state index is -4.60. The van der Waals surface area contributed by atoms with E-state index in [0.717, 1.165) is 64.2 Å². The van der Waals surface area contributed by atoms with E-state index in [0.29, 0.717) is 12.8 Å². The van der Waals surface area contributed by atoms with E-state index in [9.17, 15) is 24.2 Å². The number of carbonyl (C=O) groups excluding carboxylic acids is 2. The highest BCUT2D eigenvalue weighted by Gasteiger charge is 2.27. The average molecular weight is 663 g/mol. The summed E-state index contributed by atoms with van der Waals surface area (Å²) < 4.78 is 32.4. The van der Waals surface area contributed by atoms with Crippen molar-refractivity contribution < 1.29 is 47.8 Å². The molecule has 0 spiro atoms. The lowest BCUT2D eigenvalue weighted by molar-refractivity contribution is -0.161. The van der Waals surface area contributed by atoms with Gasteiger partial charge in [-0.25, -0.2) is 4.57 Å². The number of unbranched alkanes of at least 4 members (excludes halogenated alkanes) is 14. The van der Waals surface area contributed by atoms with E-state index in [1.54, 1.807) is 0 Å². The lowest BCUT2D eigenvalue weighted by Gasteiger charge is -2.20. The number of hydrogen-bond acceptors (Lipinski definition) is 9. The number of aliphatic hydroxyl groups is 2. The number of rotatable bonds is 32. The quantitative estimate of drug-likeness (QED) is 0.0281. The van der Waals surface area contributed by atoms with Crippen LogP contribution in [-0.4, -0.2) is 65.7 Å². The maximum absolute atomic E-state index is 12.4. The third kappa shape index (κ3) is 30.8. The number of allylic oxidation sites excluding steroid dienone is 4. The second-order valence-corrected chi connectivity index (χ2v) is 13.0. The molecule has 264 valence electrons. The Bertz CT molecular complexity index is 817. The van der Waals surface area contributed by atoms with Crippen molar-refractivity contribution in [3.8, 4) is 0 Å². The SMILES string of the molecule is CCCC/C=C/C/C=C/CCCCCCCC(=O)OC[C@@H](COP(=O)(O)OC[C@H](O)CO)OC(=O)CCCCCCCCCC. The van der Waals surface area contributed by atoms with Gasteiger partial charge in [-0.2, -0.15) is 0 Å². The van der Waals surface area contributed by atoms with E-state index >= 15 is 0 Å². The summed E-state index contributed by atoms with van der Waals surface area (Å²) >= 11 is 0. The fourth-order valence-electron chi connectivity index (χ4n) is 4.36. The van der Waals surface area contributed by atoms with Gasteiger partial charge in [-0.3, -0.25) is 18.6 Å². The fraction of sp³-hybridized carbons (Fsp3) is 0.824. The number of esters is 2. The zero-order valence-corrected chi connectivity index (χ0v) is 29.0. The third-order valence-corrected chi connectivity index (χ3v) is 8.06. The van der Waals surface area contributed by atoms with Gasteiger partial charge in [0.05, 0.1) is 19.8 Å². The summed E-state index contributed by atoms with van der Waals surface area (Å²) in [5.74, 6) is -0.947. The van der Waals surface area contributed by atoms with Crippen LogP contribution in [0.25, 0.3) is 0 Å². The van der Waals surface area contributed by atoms with Crippen molar-refractivity contribution in [3.63, 3.8) is 0 Å². The minimum absolute atomic E-state index is 0.182. The molecular formula is C34H63O10P. The Morgan fingerprint density at radius 1 is 0.667 bits per heavy atom. The predicted octanol–water partition coefficient (Wildman–Crippen LogP) is 7.88. The van der Waals surface area contributed by atoms with Gasteiger partial charge >= 0.3 is 19.8 Å². The van der Waals surface area contributed by atoms with Crippen LogP contribution < -0.4 is 0 Å². The van der Waals surface area contributed by atoms with Crippen LogP contribution in [-0.2, 0) is 32.7 Å². The number of phosphoric ester groups is 1. The van der Waals surface area contributed by atoms with E-state index < -0.39 is 51.8 Å². The summed E-state index contributed by atoms with van der Waals surface area (Å²) in [6, 6.07) is 0. The molecule has 0 amide bonds. The molecule has 0 rings (SSSR count). The van der Waals surface area contributed by atoms with Crippen molar-refractivity contribution >= 4 is 19.8 Å². The van der Waals surface area contributed by atoms with Gasteiger partial charge in [0.1, 0.15) is 12.7 Å². The van der Waals surface area contributed by atoms with E-state index in [2.05, 4.69) is 42.7 Å². The molecule has 1 unspecified atom stereocenters. The standard InChI is InChI=1S/C34H63O10P/c1-3-5-7-9-11-13-14-15-16-17-18-20-21-23-25-33(37)41-29-32(30-43-45(39,40)42-28-31(36)27-35)44-34(38)26-24-22-19-12-10-8-6-4-2/h9,11,14-15,31-32,35-36H,3-8,10,12-13,16-30H2,1-2H3,(H,39,40)/b11-9+,15-14+/t31-,32+/m1/s1. The molecule has 0 heterocycles. The zero-order chi connectivity index (χ0) is 33.4. The second-order valence-electron chi connectivity index (χ2n) is 11.5. The van der Waals surface area contributed by atoms with Gasteiger partial charge in [0, 0.05) is 12.8 Å². The van der Waals surface area contributed by atoms with Crippen molar-refractivity contribution in [3.05, 3.63) is 24.3 Å². The summed E-state index contributed by atoms with van der Waals surface area (Å²) in [5.41, 5.74) is 0. The smallest absolute Gasteiger partial charge is 0.462 e. The van der Waals surface area contributed by atoms with E-state index in [-0.39, 0.29) is 19.4 Å². The third-order valence-electron chi connectivity index (χ3n) is 7.11.